The summed E-state index contributed by atoms with van der Waals surface area (Å²) in [5, 5.41) is 8.91. The highest BCUT2D eigenvalue weighted by atomic mass is 35.5. The molecule has 4 rings (SSSR count). The number of nitrogens with zero attached hydrogens (tertiary/aromatic N) is 4. The number of amides is 4. The van der Waals surface area contributed by atoms with Crippen LogP contribution in [0.25, 0.3) is 0 Å². The molecule has 3 atom stereocenters. The number of halogens is 1. The zero-order valence-electron chi connectivity index (χ0n) is 20.9. The van der Waals surface area contributed by atoms with E-state index in [1.165, 1.54) is 28.5 Å². The SMILES string of the molecule is CN1CCc2nc(C(=O)N[C@H]3CC(C(=O)N(C)C)CCC3NC(=O)C(=O)Nc3ccc(Cl)cn3)sc2C1. The molecule has 1 aliphatic carbocycles. The Morgan fingerprint density at radius 3 is 2.59 bits per heavy atom. The lowest BCUT2D eigenvalue weighted by Gasteiger charge is -2.37. The van der Waals surface area contributed by atoms with Crippen LogP contribution < -0.4 is 16.0 Å². The number of nitrogens with one attached hydrogen (secondary N) is 3. The normalized spacial score (nSPS) is 21.5. The highest BCUT2D eigenvalue weighted by Crippen LogP contribution is 2.28. The van der Waals surface area contributed by atoms with Crippen molar-refractivity contribution in [2.24, 2.45) is 5.92 Å². The Hall–Kier alpha value is -3.09. The van der Waals surface area contributed by atoms with E-state index in [1.54, 1.807) is 20.2 Å². The largest absolute Gasteiger partial charge is 0.349 e. The lowest BCUT2D eigenvalue weighted by molar-refractivity contribution is -0.137. The van der Waals surface area contributed by atoms with Gasteiger partial charge in [0.05, 0.1) is 16.8 Å². The Morgan fingerprint density at radius 2 is 1.89 bits per heavy atom. The van der Waals surface area contributed by atoms with E-state index < -0.39 is 23.9 Å². The molecule has 2 aliphatic rings. The second-order valence-corrected chi connectivity index (χ2v) is 11.1. The molecular formula is C24H30ClN7O4S. The van der Waals surface area contributed by atoms with Crippen molar-refractivity contribution in [3.63, 3.8) is 0 Å². The molecule has 0 saturated heterocycles. The molecule has 2 aromatic heterocycles. The van der Waals surface area contributed by atoms with E-state index in [0.29, 0.717) is 29.3 Å². The van der Waals surface area contributed by atoms with Crippen LogP contribution in [0.4, 0.5) is 5.82 Å². The number of hydrogen-bond donors (Lipinski definition) is 3. The van der Waals surface area contributed by atoms with Crippen LogP contribution in [0.1, 0.15) is 39.6 Å². The standard InChI is InChI=1S/C24H30ClN7O4S/c1-31(2)24(36)13-4-6-15(27-20(33)21(34)30-19-7-5-14(25)11-26-19)17(10-13)28-22(35)23-29-16-8-9-32(3)12-18(16)37-23/h5,7,11,13,15,17H,4,6,8-10,12H2,1-3H3,(H,27,33)(H,28,35)(H,26,30,34)/t13?,15?,17-/m0/s1. The van der Waals surface area contributed by atoms with Gasteiger partial charge in [0.25, 0.3) is 5.91 Å². The van der Waals surface area contributed by atoms with Gasteiger partial charge in [-0.1, -0.05) is 11.6 Å². The van der Waals surface area contributed by atoms with E-state index in [1.807, 2.05) is 7.05 Å². The van der Waals surface area contributed by atoms with Crippen molar-refractivity contribution in [1.82, 2.24) is 30.4 Å². The minimum atomic E-state index is -0.886. The van der Waals surface area contributed by atoms with Crippen LogP contribution in [0.15, 0.2) is 18.3 Å². The van der Waals surface area contributed by atoms with Crippen LogP contribution in [-0.2, 0) is 27.3 Å². The number of aromatic nitrogens is 2. The quantitative estimate of drug-likeness (QED) is 0.480. The number of rotatable bonds is 5. The van der Waals surface area contributed by atoms with Crippen LogP contribution >= 0.6 is 22.9 Å². The fourth-order valence-electron chi connectivity index (χ4n) is 4.60. The number of carbonyl (C=O) groups is 4. The fraction of sp³-hybridized carbons (Fsp3) is 0.500. The van der Waals surface area contributed by atoms with Gasteiger partial charge in [-0.15, -0.1) is 11.3 Å². The third kappa shape index (κ3) is 6.62. The number of fused-ring (bicyclic) bond motifs is 1. The highest BCUT2D eigenvalue weighted by molar-refractivity contribution is 7.13. The van der Waals surface area contributed by atoms with E-state index in [0.717, 1.165) is 30.1 Å². The Morgan fingerprint density at radius 1 is 1.11 bits per heavy atom. The molecule has 1 saturated carbocycles. The summed E-state index contributed by atoms with van der Waals surface area (Å²) in [5.74, 6) is -2.25. The van der Waals surface area contributed by atoms with Gasteiger partial charge < -0.3 is 25.8 Å². The molecule has 2 unspecified atom stereocenters. The van der Waals surface area contributed by atoms with Gasteiger partial charge in [0, 0.05) is 56.6 Å². The van der Waals surface area contributed by atoms with Crippen LogP contribution in [0, 0.1) is 5.92 Å². The molecule has 3 N–H and O–H groups in total. The van der Waals surface area contributed by atoms with Gasteiger partial charge >= 0.3 is 11.8 Å². The van der Waals surface area contributed by atoms with E-state index >= 15 is 0 Å². The predicted octanol–water partition coefficient (Wildman–Crippen LogP) is 1.29. The smallest absolute Gasteiger partial charge is 0.314 e. The lowest BCUT2D eigenvalue weighted by atomic mass is 9.81. The molecule has 1 fully saturated rings. The molecule has 2 aromatic rings. The zero-order chi connectivity index (χ0) is 26.7. The number of carbonyl (C=O) groups excluding carboxylic acids is 4. The van der Waals surface area contributed by atoms with Gasteiger partial charge in [-0.3, -0.25) is 19.2 Å². The monoisotopic (exact) mass is 547 g/mol. The van der Waals surface area contributed by atoms with Crippen molar-refractivity contribution in [3.8, 4) is 0 Å². The van der Waals surface area contributed by atoms with Crippen molar-refractivity contribution in [1.29, 1.82) is 0 Å². The predicted molar refractivity (Wildman–Crippen MR) is 139 cm³/mol. The minimum absolute atomic E-state index is 0.0386. The second-order valence-electron chi connectivity index (χ2n) is 9.60. The van der Waals surface area contributed by atoms with Crippen LogP contribution in [0.3, 0.4) is 0 Å². The molecule has 0 spiro atoms. The van der Waals surface area contributed by atoms with Crippen LogP contribution in [0.2, 0.25) is 5.02 Å². The first-order valence-electron chi connectivity index (χ1n) is 12.0. The molecule has 3 heterocycles. The number of likely N-dealkylation sites (N-methyl/N-ethyl adjacent to an activating group) is 1. The Bertz CT molecular complexity index is 1190. The summed E-state index contributed by atoms with van der Waals surface area (Å²) in [4.78, 5) is 64.3. The molecule has 11 nitrogen and oxygen atoms in total. The molecule has 0 bridgehead atoms. The summed E-state index contributed by atoms with van der Waals surface area (Å²) in [6.45, 7) is 1.63. The maximum absolute atomic E-state index is 13.2. The van der Waals surface area contributed by atoms with Crippen molar-refractivity contribution < 1.29 is 19.2 Å². The number of pyridine rings is 1. The van der Waals surface area contributed by atoms with Crippen molar-refractivity contribution in [3.05, 3.63) is 38.9 Å². The highest BCUT2D eigenvalue weighted by Gasteiger charge is 2.37. The summed E-state index contributed by atoms with van der Waals surface area (Å²) in [7, 11) is 5.41. The molecule has 4 amide bonds. The molecule has 0 radical (unpaired) electrons. The Balaban J connectivity index is 1.45. The van der Waals surface area contributed by atoms with Crippen LogP contribution in [-0.4, -0.2) is 83.2 Å². The molecule has 37 heavy (non-hydrogen) atoms. The van der Waals surface area contributed by atoms with Gasteiger partial charge in [-0.25, -0.2) is 9.97 Å². The summed E-state index contributed by atoms with van der Waals surface area (Å²) in [5.41, 5.74) is 0.940. The lowest BCUT2D eigenvalue weighted by Crippen LogP contribution is -2.57. The average Bonchev–Trinajstić information content (AvgIpc) is 3.29. The molecule has 13 heteroatoms. The molecule has 1 aliphatic heterocycles. The van der Waals surface area contributed by atoms with Crippen molar-refractivity contribution >= 4 is 52.4 Å². The number of hydrogen-bond acceptors (Lipinski definition) is 8. The van der Waals surface area contributed by atoms with Gasteiger partial charge in [-0.2, -0.15) is 0 Å². The van der Waals surface area contributed by atoms with Gasteiger partial charge in [0.2, 0.25) is 5.91 Å². The van der Waals surface area contributed by atoms with Gasteiger partial charge in [-0.05, 0) is 38.4 Å². The first-order valence-corrected chi connectivity index (χ1v) is 13.2. The third-order valence-electron chi connectivity index (χ3n) is 6.56. The second kappa shape index (κ2) is 11.5. The maximum atomic E-state index is 13.2. The summed E-state index contributed by atoms with van der Waals surface area (Å²) in [6.07, 6.45) is 3.42. The minimum Gasteiger partial charge on any atom is -0.349 e. The first kappa shape index (κ1) is 27.0. The van der Waals surface area contributed by atoms with E-state index in [-0.39, 0.29) is 23.6 Å². The summed E-state index contributed by atoms with van der Waals surface area (Å²) >= 11 is 7.17. The third-order valence-corrected chi connectivity index (χ3v) is 7.87. The first-order chi connectivity index (χ1) is 17.6. The number of thiazole rings is 1. The Kier molecular flexibility index (Phi) is 8.40. The molecule has 0 aromatic carbocycles. The Labute approximate surface area is 224 Å². The average molecular weight is 548 g/mol. The van der Waals surface area contributed by atoms with Gasteiger partial charge in [0.15, 0.2) is 5.01 Å². The van der Waals surface area contributed by atoms with E-state index in [4.69, 9.17) is 11.6 Å². The maximum Gasteiger partial charge on any atom is 0.314 e. The van der Waals surface area contributed by atoms with E-state index in [2.05, 4.69) is 30.8 Å². The van der Waals surface area contributed by atoms with Crippen molar-refractivity contribution in [2.45, 2.75) is 44.3 Å². The summed E-state index contributed by atoms with van der Waals surface area (Å²) in [6, 6.07) is 1.95. The topological polar surface area (TPSA) is 137 Å². The molecule has 198 valence electrons. The van der Waals surface area contributed by atoms with Gasteiger partial charge in [0.1, 0.15) is 5.82 Å². The van der Waals surface area contributed by atoms with E-state index in [9.17, 15) is 19.2 Å². The zero-order valence-corrected chi connectivity index (χ0v) is 22.5. The number of anilines is 1. The van der Waals surface area contributed by atoms with Crippen LogP contribution in [0.5, 0.6) is 0 Å². The fourth-order valence-corrected chi connectivity index (χ4v) is 5.80. The van der Waals surface area contributed by atoms with Crippen molar-refractivity contribution in [2.75, 3.05) is 33.0 Å². The summed E-state index contributed by atoms with van der Waals surface area (Å²) < 4.78 is 0. The molecular weight excluding hydrogens is 518 g/mol.